The Morgan fingerprint density at radius 1 is 0.692 bits per heavy atom. The van der Waals surface area contributed by atoms with Gasteiger partial charge in [-0.25, -0.2) is 5.48 Å². The van der Waals surface area contributed by atoms with Crippen molar-refractivity contribution in [1.29, 1.82) is 0 Å². The lowest BCUT2D eigenvalue weighted by molar-refractivity contribution is -0.253. The van der Waals surface area contributed by atoms with Gasteiger partial charge in [0.1, 0.15) is 0 Å². The second-order valence-corrected chi connectivity index (χ2v) is 13.8. The fourth-order valence-corrected chi connectivity index (χ4v) is 6.90. The normalized spacial score (nSPS) is 19.6. The van der Waals surface area contributed by atoms with E-state index in [4.69, 9.17) is 14.7 Å². The van der Waals surface area contributed by atoms with Gasteiger partial charge >= 0.3 is 0 Å². The summed E-state index contributed by atoms with van der Waals surface area (Å²) in [6.45, 7) is 6.28. The Morgan fingerprint density at radius 3 is 2.08 bits per heavy atom. The molecule has 10 nitrogen and oxygen atoms in total. The highest BCUT2D eigenvalue weighted by atomic mass is 16.7. The predicted molar refractivity (Wildman–Crippen MR) is 199 cm³/mol. The van der Waals surface area contributed by atoms with E-state index >= 15 is 0 Å². The molecule has 0 aliphatic carbocycles. The molecular weight excluding hydrogens is 656 g/mol. The minimum Gasteiger partial charge on any atom is -0.392 e. The number of carbonyl (C=O) groups excluding carboxylic acids is 2. The number of hydrogen-bond donors (Lipinski definition) is 4. The number of rotatable bonds is 15. The van der Waals surface area contributed by atoms with Gasteiger partial charge in [0.15, 0.2) is 6.29 Å². The summed E-state index contributed by atoms with van der Waals surface area (Å²) in [5, 5.41) is 21.1. The molecule has 2 amide bonds. The van der Waals surface area contributed by atoms with E-state index < -0.39 is 12.2 Å². The zero-order chi connectivity index (χ0) is 36.1. The van der Waals surface area contributed by atoms with Crippen molar-refractivity contribution in [3.05, 3.63) is 131 Å². The van der Waals surface area contributed by atoms with Crippen molar-refractivity contribution < 1.29 is 29.4 Å². The van der Waals surface area contributed by atoms with Crippen LogP contribution in [0.2, 0.25) is 0 Å². The van der Waals surface area contributed by atoms with Crippen molar-refractivity contribution >= 4 is 11.8 Å². The molecule has 4 aromatic carbocycles. The number of unbranched alkanes of at least 4 members (excludes halogenated alkanes) is 1. The summed E-state index contributed by atoms with van der Waals surface area (Å²) in [6, 6.07) is 35.1. The molecule has 3 unspecified atom stereocenters. The van der Waals surface area contributed by atoms with Gasteiger partial charge < -0.3 is 19.9 Å². The first-order chi connectivity index (χ1) is 25.4. The summed E-state index contributed by atoms with van der Waals surface area (Å²) in [5.41, 5.74) is 8.96. The lowest BCUT2D eigenvalue weighted by Gasteiger charge is -2.40. The molecule has 4 aromatic rings. The zero-order valence-electron chi connectivity index (χ0n) is 29.7. The number of carbonyl (C=O) groups is 2. The van der Waals surface area contributed by atoms with Crippen LogP contribution in [0.3, 0.4) is 0 Å². The topological polar surface area (TPSA) is 124 Å². The van der Waals surface area contributed by atoms with Gasteiger partial charge in [-0.15, -0.1) is 0 Å². The molecule has 274 valence electrons. The van der Waals surface area contributed by atoms with E-state index in [0.29, 0.717) is 25.8 Å². The van der Waals surface area contributed by atoms with Crippen LogP contribution < -0.4 is 10.8 Å². The molecule has 0 bridgehead atoms. The fraction of sp³-hybridized carbons (Fsp3) is 0.381. The van der Waals surface area contributed by atoms with Crippen LogP contribution in [0.4, 0.5) is 0 Å². The first-order valence-electron chi connectivity index (χ1n) is 18.3. The van der Waals surface area contributed by atoms with E-state index in [2.05, 4.69) is 94.0 Å². The van der Waals surface area contributed by atoms with Crippen LogP contribution in [-0.4, -0.2) is 70.8 Å². The van der Waals surface area contributed by atoms with Crippen LogP contribution in [0.25, 0.3) is 11.1 Å². The summed E-state index contributed by atoms with van der Waals surface area (Å²) < 4.78 is 13.3. The Hall–Kier alpha value is -4.42. The summed E-state index contributed by atoms with van der Waals surface area (Å²) in [6.07, 6.45) is 1.72. The average Bonchev–Trinajstić information content (AvgIpc) is 3.20. The second kappa shape index (κ2) is 18.9. The van der Waals surface area contributed by atoms with Crippen LogP contribution in [-0.2, 0) is 38.8 Å². The standard InChI is InChI=1S/C42H50N4O6/c47-30-32-13-15-35(16-14-32)39-26-38(29-46-23-21-45(22-24-46)28-31-7-2-1-3-8-31)51-42(52-39)36-19-17-34(18-20-36)37-10-6-9-33(25-37)27-43-40(48)11-4-5-12-41(49)44-50/h1-3,6-10,13-20,25,38-39,42,47,50H,4-5,11-12,21-24,26-30H2,(H,43,48)(H,44,49). The molecule has 0 spiro atoms. The van der Waals surface area contributed by atoms with Gasteiger partial charge in [-0.1, -0.05) is 97.1 Å². The number of benzene rings is 4. The molecule has 2 fully saturated rings. The van der Waals surface area contributed by atoms with Gasteiger partial charge in [0.05, 0.1) is 18.8 Å². The van der Waals surface area contributed by atoms with Crippen molar-refractivity contribution in [2.24, 2.45) is 0 Å². The van der Waals surface area contributed by atoms with E-state index in [1.165, 1.54) is 5.56 Å². The van der Waals surface area contributed by atoms with Crippen molar-refractivity contribution in [2.75, 3.05) is 32.7 Å². The molecule has 2 aliphatic rings. The highest BCUT2D eigenvalue weighted by molar-refractivity contribution is 5.76. The maximum atomic E-state index is 12.3. The van der Waals surface area contributed by atoms with Gasteiger partial charge in [-0.05, 0) is 52.3 Å². The summed E-state index contributed by atoms with van der Waals surface area (Å²) in [7, 11) is 0. The minimum absolute atomic E-state index is 0.00597. The molecule has 0 aromatic heterocycles. The third-order valence-corrected chi connectivity index (χ3v) is 9.91. The maximum absolute atomic E-state index is 12.3. The van der Waals surface area contributed by atoms with E-state index in [1.807, 2.05) is 24.3 Å². The van der Waals surface area contributed by atoms with Crippen LogP contribution in [0.15, 0.2) is 103 Å². The molecule has 2 heterocycles. The molecule has 0 saturated carbocycles. The van der Waals surface area contributed by atoms with Crippen molar-refractivity contribution in [3.8, 4) is 11.1 Å². The lowest BCUT2D eigenvalue weighted by atomic mass is 9.98. The summed E-state index contributed by atoms with van der Waals surface area (Å²) in [5.74, 6) is -0.514. The first kappa shape index (κ1) is 37.3. The van der Waals surface area contributed by atoms with Gasteiger partial charge in [-0.2, -0.15) is 0 Å². The molecule has 0 radical (unpaired) electrons. The zero-order valence-corrected chi connectivity index (χ0v) is 29.7. The minimum atomic E-state index is -0.519. The largest absolute Gasteiger partial charge is 0.392 e. The number of nitrogens with one attached hydrogen (secondary N) is 2. The number of amides is 2. The number of nitrogens with zero attached hydrogens (tertiary/aromatic N) is 2. The SMILES string of the molecule is O=C(CCCCC(=O)NCc1cccc(-c2ccc(C3OC(CN4CCN(Cc5ccccc5)CC4)CC(c4ccc(CO)cc4)O3)cc2)c1)NO. The molecule has 10 heteroatoms. The van der Waals surface area contributed by atoms with Crippen LogP contribution in [0, 0.1) is 0 Å². The van der Waals surface area contributed by atoms with Gasteiger partial charge in [0.2, 0.25) is 11.8 Å². The fourth-order valence-electron chi connectivity index (χ4n) is 6.90. The highest BCUT2D eigenvalue weighted by Gasteiger charge is 2.34. The van der Waals surface area contributed by atoms with Crippen molar-refractivity contribution in [3.63, 3.8) is 0 Å². The van der Waals surface area contributed by atoms with Crippen LogP contribution in [0.1, 0.15) is 72.3 Å². The van der Waals surface area contributed by atoms with Gasteiger partial charge in [0, 0.05) is 70.6 Å². The van der Waals surface area contributed by atoms with E-state index in [-0.39, 0.29) is 31.1 Å². The Bertz CT molecular complexity index is 1710. The molecule has 52 heavy (non-hydrogen) atoms. The summed E-state index contributed by atoms with van der Waals surface area (Å²) >= 11 is 0. The molecule has 6 rings (SSSR count). The molecular formula is C42H50N4O6. The van der Waals surface area contributed by atoms with Crippen molar-refractivity contribution in [2.45, 2.75) is 70.3 Å². The number of ether oxygens (including phenoxy) is 2. The number of aliphatic hydroxyl groups is 1. The van der Waals surface area contributed by atoms with E-state index in [1.54, 1.807) is 5.48 Å². The second-order valence-electron chi connectivity index (χ2n) is 13.8. The first-order valence-corrected chi connectivity index (χ1v) is 18.3. The Labute approximate surface area is 306 Å². The number of hydroxylamine groups is 1. The Kier molecular flexibility index (Phi) is 13.6. The van der Waals surface area contributed by atoms with Gasteiger partial charge in [-0.3, -0.25) is 24.6 Å². The lowest BCUT2D eigenvalue weighted by Crippen LogP contribution is -2.49. The Balaban J connectivity index is 1.07. The van der Waals surface area contributed by atoms with Gasteiger partial charge in [0.25, 0.3) is 0 Å². The quantitative estimate of drug-likeness (QED) is 0.0686. The average molecular weight is 707 g/mol. The summed E-state index contributed by atoms with van der Waals surface area (Å²) in [4.78, 5) is 28.5. The monoisotopic (exact) mass is 706 g/mol. The third-order valence-electron chi connectivity index (χ3n) is 9.91. The number of aliphatic hydroxyl groups excluding tert-OH is 1. The van der Waals surface area contributed by atoms with Crippen LogP contribution >= 0.6 is 0 Å². The smallest absolute Gasteiger partial charge is 0.243 e. The molecule has 2 aliphatic heterocycles. The molecule has 3 atom stereocenters. The van der Waals surface area contributed by atoms with E-state index in [0.717, 1.165) is 79.1 Å². The molecule has 4 N–H and O–H groups in total. The number of piperazine rings is 1. The third kappa shape index (κ3) is 10.8. The number of hydrogen-bond acceptors (Lipinski definition) is 8. The Morgan fingerprint density at radius 2 is 1.37 bits per heavy atom. The maximum Gasteiger partial charge on any atom is 0.243 e. The molecule has 2 saturated heterocycles. The van der Waals surface area contributed by atoms with Crippen molar-refractivity contribution in [1.82, 2.24) is 20.6 Å². The predicted octanol–water partition coefficient (Wildman–Crippen LogP) is 5.89. The van der Waals surface area contributed by atoms with E-state index in [9.17, 15) is 14.7 Å². The van der Waals surface area contributed by atoms with Crippen LogP contribution in [0.5, 0.6) is 0 Å². The highest BCUT2D eigenvalue weighted by Crippen LogP contribution is 2.39.